The first-order chi connectivity index (χ1) is 8.22. The number of morpholine rings is 1. The van der Waals surface area contributed by atoms with Gasteiger partial charge in [-0.2, -0.15) is 0 Å². The minimum absolute atomic E-state index is 0.132. The van der Waals surface area contributed by atoms with Crippen LogP contribution in [0.4, 0.5) is 0 Å². The highest BCUT2D eigenvalue weighted by Gasteiger charge is 2.13. The SMILES string of the molecule is COC(=O)CCCNC(C)CN1CCOCC1. The van der Waals surface area contributed by atoms with Crippen LogP contribution in [0, 0.1) is 0 Å². The van der Waals surface area contributed by atoms with Crippen molar-refractivity contribution in [3.05, 3.63) is 0 Å². The molecule has 1 unspecified atom stereocenters. The predicted octanol–water partition coefficient (Wildman–Crippen LogP) is 0.250. The Balaban J connectivity index is 2.00. The van der Waals surface area contributed by atoms with Crippen molar-refractivity contribution in [3.8, 4) is 0 Å². The summed E-state index contributed by atoms with van der Waals surface area (Å²) in [6.45, 7) is 7.81. The largest absolute Gasteiger partial charge is 0.469 e. The quantitative estimate of drug-likeness (QED) is 0.514. The van der Waals surface area contributed by atoms with Crippen LogP contribution >= 0.6 is 0 Å². The molecule has 0 aliphatic carbocycles. The van der Waals surface area contributed by atoms with Gasteiger partial charge in [0.2, 0.25) is 0 Å². The van der Waals surface area contributed by atoms with Crippen molar-refractivity contribution in [1.29, 1.82) is 0 Å². The number of ether oxygens (including phenoxy) is 2. The molecule has 1 heterocycles. The summed E-state index contributed by atoms with van der Waals surface area (Å²) >= 11 is 0. The van der Waals surface area contributed by atoms with E-state index in [1.807, 2.05) is 0 Å². The molecule has 1 fully saturated rings. The third-order valence-corrected chi connectivity index (χ3v) is 2.91. The molecule has 0 aromatic heterocycles. The second-order valence-electron chi connectivity index (χ2n) is 4.45. The van der Waals surface area contributed by atoms with Crippen LogP contribution < -0.4 is 5.32 Å². The Bertz CT molecular complexity index is 218. The van der Waals surface area contributed by atoms with Crippen molar-refractivity contribution in [3.63, 3.8) is 0 Å². The van der Waals surface area contributed by atoms with Gasteiger partial charge in [0, 0.05) is 32.1 Å². The van der Waals surface area contributed by atoms with E-state index in [4.69, 9.17) is 4.74 Å². The van der Waals surface area contributed by atoms with E-state index in [-0.39, 0.29) is 5.97 Å². The van der Waals surface area contributed by atoms with E-state index in [9.17, 15) is 4.79 Å². The molecule has 0 aromatic rings. The molecule has 1 rings (SSSR count). The van der Waals surface area contributed by atoms with Gasteiger partial charge in [-0.3, -0.25) is 9.69 Å². The molecule has 0 aromatic carbocycles. The minimum atomic E-state index is -0.132. The Morgan fingerprint density at radius 2 is 2.18 bits per heavy atom. The molecule has 1 aliphatic heterocycles. The van der Waals surface area contributed by atoms with Crippen LogP contribution in [0.1, 0.15) is 19.8 Å². The Morgan fingerprint density at radius 3 is 2.82 bits per heavy atom. The molecule has 1 N–H and O–H groups in total. The van der Waals surface area contributed by atoms with Crippen LogP contribution in [-0.2, 0) is 14.3 Å². The van der Waals surface area contributed by atoms with Crippen LogP contribution in [-0.4, -0.2) is 63.4 Å². The van der Waals surface area contributed by atoms with Gasteiger partial charge in [0.1, 0.15) is 0 Å². The number of nitrogens with zero attached hydrogens (tertiary/aromatic N) is 1. The molecule has 5 nitrogen and oxygen atoms in total. The zero-order valence-corrected chi connectivity index (χ0v) is 10.9. The highest BCUT2D eigenvalue weighted by molar-refractivity contribution is 5.69. The lowest BCUT2D eigenvalue weighted by Gasteiger charge is -2.29. The fourth-order valence-corrected chi connectivity index (χ4v) is 1.92. The zero-order valence-electron chi connectivity index (χ0n) is 10.9. The Labute approximate surface area is 103 Å². The lowest BCUT2D eigenvalue weighted by atomic mass is 10.2. The first-order valence-corrected chi connectivity index (χ1v) is 6.32. The lowest BCUT2D eigenvalue weighted by molar-refractivity contribution is -0.140. The van der Waals surface area contributed by atoms with Gasteiger partial charge in [0.05, 0.1) is 20.3 Å². The number of carbonyl (C=O) groups is 1. The van der Waals surface area contributed by atoms with E-state index < -0.39 is 0 Å². The van der Waals surface area contributed by atoms with E-state index in [0.29, 0.717) is 12.5 Å². The lowest BCUT2D eigenvalue weighted by Crippen LogP contribution is -2.44. The summed E-state index contributed by atoms with van der Waals surface area (Å²) in [7, 11) is 1.43. The van der Waals surface area contributed by atoms with Gasteiger partial charge in [0.25, 0.3) is 0 Å². The van der Waals surface area contributed by atoms with Crippen LogP contribution in [0.3, 0.4) is 0 Å². The Hall–Kier alpha value is -0.650. The monoisotopic (exact) mass is 244 g/mol. The van der Waals surface area contributed by atoms with Gasteiger partial charge in [-0.15, -0.1) is 0 Å². The molecule has 0 saturated carbocycles. The summed E-state index contributed by atoms with van der Waals surface area (Å²) in [6, 6.07) is 0.450. The number of nitrogens with one attached hydrogen (secondary N) is 1. The summed E-state index contributed by atoms with van der Waals surface area (Å²) in [4.78, 5) is 13.3. The van der Waals surface area contributed by atoms with Gasteiger partial charge in [-0.05, 0) is 19.9 Å². The molecule has 0 bridgehead atoms. The van der Waals surface area contributed by atoms with E-state index >= 15 is 0 Å². The van der Waals surface area contributed by atoms with Crippen LogP contribution in [0.15, 0.2) is 0 Å². The first kappa shape index (κ1) is 14.4. The average molecular weight is 244 g/mol. The topological polar surface area (TPSA) is 50.8 Å². The number of rotatable bonds is 7. The second-order valence-corrected chi connectivity index (χ2v) is 4.45. The second kappa shape index (κ2) is 8.44. The molecular formula is C12H24N2O3. The third kappa shape index (κ3) is 6.61. The summed E-state index contributed by atoms with van der Waals surface area (Å²) in [5.41, 5.74) is 0. The average Bonchev–Trinajstić information content (AvgIpc) is 2.35. The standard InChI is InChI=1S/C12H24N2O3/c1-11(10-14-6-8-17-9-7-14)13-5-3-4-12(15)16-2/h11,13H,3-10H2,1-2H3. The molecule has 1 aliphatic rings. The molecule has 0 amide bonds. The van der Waals surface area contributed by atoms with Crippen molar-refractivity contribution >= 4 is 5.97 Å². The smallest absolute Gasteiger partial charge is 0.305 e. The fraction of sp³-hybridized carbons (Fsp3) is 0.917. The van der Waals surface area contributed by atoms with Gasteiger partial charge in [0.15, 0.2) is 0 Å². The summed E-state index contributed by atoms with van der Waals surface area (Å²) < 4.78 is 9.89. The van der Waals surface area contributed by atoms with Crippen LogP contribution in [0.5, 0.6) is 0 Å². The Kier molecular flexibility index (Phi) is 7.16. The molecule has 1 saturated heterocycles. The number of hydrogen-bond donors (Lipinski definition) is 1. The van der Waals surface area contributed by atoms with E-state index in [0.717, 1.165) is 45.8 Å². The maximum absolute atomic E-state index is 10.9. The predicted molar refractivity (Wildman–Crippen MR) is 66.0 cm³/mol. The van der Waals surface area contributed by atoms with E-state index in [1.165, 1.54) is 7.11 Å². The summed E-state index contributed by atoms with van der Waals surface area (Å²) in [5, 5.41) is 3.42. The highest BCUT2D eigenvalue weighted by atomic mass is 16.5. The molecule has 0 spiro atoms. The molecule has 5 heteroatoms. The molecule has 100 valence electrons. The van der Waals surface area contributed by atoms with Gasteiger partial charge < -0.3 is 14.8 Å². The number of methoxy groups -OCH3 is 1. The maximum Gasteiger partial charge on any atom is 0.305 e. The van der Waals surface area contributed by atoms with Crippen molar-refractivity contribution in [2.24, 2.45) is 0 Å². The van der Waals surface area contributed by atoms with E-state index in [2.05, 4.69) is 21.9 Å². The Morgan fingerprint density at radius 1 is 1.47 bits per heavy atom. The van der Waals surface area contributed by atoms with Crippen molar-refractivity contribution in [2.45, 2.75) is 25.8 Å². The number of hydrogen-bond acceptors (Lipinski definition) is 5. The summed E-state index contributed by atoms with van der Waals surface area (Å²) in [5.74, 6) is -0.132. The normalized spacial score (nSPS) is 18.9. The first-order valence-electron chi connectivity index (χ1n) is 6.32. The molecule has 1 atom stereocenters. The highest BCUT2D eigenvalue weighted by Crippen LogP contribution is 1.98. The van der Waals surface area contributed by atoms with Gasteiger partial charge >= 0.3 is 5.97 Å². The number of carbonyl (C=O) groups excluding carboxylic acids is 1. The van der Waals surface area contributed by atoms with Gasteiger partial charge in [-0.25, -0.2) is 0 Å². The zero-order chi connectivity index (χ0) is 12.5. The van der Waals surface area contributed by atoms with E-state index in [1.54, 1.807) is 0 Å². The van der Waals surface area contributed by atoms with Crippen LogP contribution in [0.2, 0.25) is 0 Å². The van der Waals surface area contributed by atoms with Crippen molar-refractivity contribution in [2.75, 3.05) is 46.5 Å². The van der Waals surface area contributed by atoms with Crippen molar-refractivity contribution < 1.29 is 14.3 Å². The van der Waals surface area contributed by atoms with Crippen molar-refractivity contribution in [1.82, 2.24) is 10.2 Å². The molecule has 17 heavy (non-hydrogen) atoms. The molecular weight excluding hydrogens is 220 g/mol. The van der Waals surface area contributed by atoms with Crippen LogP contribution in [0.25, 0.3) is 0 Å². The fourth-order valence-electron chi connectivity index (χ4n) is 1.92. The molecule has 0 radical (unpaired) electrons. The maximum atomic E-state index is 10.9. The minimum Gasteiger partial charge on any atom is -0.469 e. The number of esters is 1. The van der Waals surface area contributed by atoms with Gasteiger partial charge in [-0.1, -0.05) is 0 Å². The summed E-state index contributed by atoms with van der Waals surface area (Å²) in [6.07, 6.45) is 1.33. The third-order valence-electron chi connectivity index (χ3n) is 2.91.